The second-order valence-electron chi connectivity index (χ2n) is 9.93. The molecule has 1 spiro atoms. The van der Waals surface area contributed by atoms with Crippen LogP contribution in [-0.2, 0) is 14.3 Å². The summed E-state index contributed by atoms with van der Waals surface area (Å²) in [6.07, 6.45) is 1.28. The number of ether oxygens (including phenoxy) is 2. The zero-order chi connectivity index (χ0) is 24.7. The average molecular weight is 481 g/mol. The molecule has 0 saturated carbocycles. The Morgan fingerprint density at radius 1 is 1.26 bits per heavy atom. The van der Waals surface area contributed by atoms with Gasteiger partial charge >= 0.3 is 6.09 Å². The van der Waals surface area contributed by atoms with Crippen LogP contribution in [-0.4, -0.2) is 70.2 Å². The number of carbonyl (C=O) groups excluding carboxylic acids is 2. The van der Waals surface area contributed by atoms with E-state index in [0.29, 0.717) is 49.9 Å². The van der Waals surface area contributed by atoms with Crippen LogP contribution >= 0.6 is 0 Å². The number of aliphatic hydroxyl groups is 1. The van der Waals surface area contributed by atoms with Gasteiger partial charge in [-0.1, -0.05) is 0 Å². The molecule has 0 aliphatic carbocycles. The highest BCUT2D eigenvalue weighted by molar-refractivity contribution is 5.94. The SMILES string of the molecule is CC(C)(C)OC(=O)N1CCC2(CC1)CC(NC(=O)C(O)Nc1c[nH]c3cc(F)c(F)cc13)CO2. The Hall–Kier alpha value is -2.92. The summed E-state index contributed by atoms with van der Waals surface area (Å²) in [5.74, 6) is -2.68. The van der Waals surface area contributed by atoms with Gasteiger partial charge in [-0.05, 0) is 46.1 Å². The Morgan fingerprint density at radius 3 is 2.62 bits per heavy atom. The molecule has 1 aromatic carbocycles. The fraction of sp³-hybridized carbons (Fsp3) is 0.565. The number of nitrogens with zero attached hydrogens (tertiary/aromatic N) is 1. The molecule has 9 nitrogen and oxygen atoms in total. The first-order valence-corrected chi connectivity index (χ1v) is 11.3. The quantitative estimate of drug-likeness (QED) is 0.500. The van der Waals surface area contributed by atoms with E-state index in [1.54, 1.807) is 4.90 Å². The number of piperidine rings is 1. The van der Waals surface area contributed by atoms with Crippen LogP contribution in [0.1, 0.15) is 40.0 Å². The smallest absolute Gasteiger partial charge is 0.410 e. The molecule has 2 atom stereocenters. The number of rotatable bonds is 4. The van der Waals surface area contributed by atoms with Gasteiger partial charge in [0.05, 0.1) is 29.5 Å². The van der Waals surface area contributed by atoms with E-state index in [-0.39, 0.29) is 17.8 Å². The molecular weight excluding hydrogens is 450 g/mol. The lowest BCUT2D eigenvalue weighted by Gasteiger charge is -2.39. The fourth-order valence-electron chi connectivity index (χ4n) is 4.44. The van der Waals surface area contributed by atoms with Gasteiger partial charge < -0.3 is 35.1 Å². The van der Waals surface area contributed by atoms with Crippen molar-refractivity contribution in [2.75, 3.05) is 25.0 Å². The fourth-order valence-corrected chi connectivity index (χ4v) is 4.44. The zero-order valence-electron chi connectivity index (χ0n) is 19.4. The lowest BCUT2D eigenvalue weighted by Crippen LogP contribution is -2.49. The van der Waals surface area contributed by atoms with Crippen molar-refractivity contribution in [3.63, 3.8) is 0 Å². The van der Waals surface area contributed by atoms with Crippen molar-refractivity contribution in [2.24, 2.45) is 0 Å². The molecule has 11 heteroatoms. The summed E-state index contributed by atoms with van der Waals surface area (Å²) in [5, 5.41) is 16.0. The van der Waals surface area contributed by atoms with Gasteiger partial charge in [0.1, 0.15) is 5.60 Å². The number of nitrogens with one attached hydrogen (secondary N) is 3. The summed E-state index contributed by atoms with van der Waals surface area (Å²) in [5.41, 5.74) is -0.395. The third kappa shape index (κ3) is 5.25. The second kappa shape index (κ2) is 9.03. The summed E-state index contributed by atoms with van der Waals surface area (Å²) in [6.45, 7) is 6.76. The average Bonchev–Trinajstić information content (AvgIpc) is 3.31. The first-order chi connectivity index (χ1) is 15.9. The minimum atomic E-state index is -1.60. The second-order valence-corrected chi connectivity index (χ2v) is 9.93. The van der Waals surface area contributed by atoms with Crippen LogP contribution in [0, 0.1) is 11.6 Å². The van der Waals surface area contributed by atoms with Crippen molar-refractivity contribution < 1.29 is 33.0 Å². The van der Waals surface area contributed by atoms with Crippen molar-refractivity contribution in [1.82, 2.24) is 15.2 Å². The molecule has 2 aromatic rings. The number of fused-ring (bicyclic) bond motifs is 1. The first-order valence-electron chi connectivity index (χ1n) is 11.3. The number of hydrogen-bond acceptors (Lipinski definition) is 6. The van der Waals surface area contributed by atoms with E-state index in [0.717, 1.165) is 12.1 Å². The Balaban J connectivity index is 1.29. The molecule has 0 bridgehead atoms. The monoisotopic (exact) mass is 480 g/mol. The third-order valence-electron chi connectivity index (χ3n) is 6.15. The molecule has 186 valence electrons. The van der Waals surface area contributed by atoms with Crippen LogP contribution in [0.25, 0.3) is 10.9 Å². The number of aliphatic hydroxyl groups excluding tert-OH is 1. The van der Waals surface area contributed by atoms with Crippen molar-refractivity contribution >= 4 is 28.6 Å². The Kier molecular flexibility index (Phi) is 6.43. The summed E-state index contributed by atoms with van der Waals surface area (Å²) < 4.78 is 38.4. The largest absolute Gasteiger partial charge is 0.444 e. The van der Waals surface area contributed by atoms with Crippen LogP contribution in [0.4, 0.5) is 19.3 Å². The minimum absolute atomic E-state index is 0.269. The Labute approximate surface area is 195 Å². The van der Waals surface area contributed by atoms with Crippen LogP contribution in [0.5, 0.6) is 0 Å². The summed E-state index contributed by atoms with van der Waals surface area (Å²) >= 11 is 0. The third-order valence-corrected chi connectivity index (χ3v) is 6.15. The van der Waals surface area contributed by atoms with Crippen LogP contribution < -0.4 is 10.6 Å². The van der Waals surface area contributed by atoms with E-state index < -0.39 is 35.0 Å². The highest BCUT2D eigenvalue weighted by atomic mass is 19.2. The molecule has 2 fully saturated rings. The van der Waals surface area contributed by atoms with Crippen molar-refractivity contribution in [3.8, 4) is 0 Å². The van der Waals surface area contributed by atoms with Crippen molar-refractivity contribution in [1.29, 1.82) is 0 Å². The number of halogens is 2. The molecule has 2 aliphatic heterocycles. The standard InChI is InChI=1S/C23H30F2N4O5/c1-22(2,3)34-21(32)29-6-4-23(5-7-29)10-13(12-33-23)27-19(30)20(31)28-18-11-26-17-9-16(25)15(24)8-14(17)18/h8-9,11,13,20,26,28,31H,4-7,10,12H2,1-3H3,(H,27,30). The van der Waals surface area contributed by atoms with E-state index in [1.807, 2.05) is 20.8 Å². The Morgan fingerprint density at radius 2 is 1.94 bits per heavy atom. The van der Waals surface area contributed by atoms with Crippen molar-refractivity contribution in [3.05, 3.63) is 30.0 Å². The van der Waals surface area contributed by atoms with Gasteiger partial charge in [0.15, 0.2) is 11.6 Å². The summed E-state index contributed by atoms with van der Waals surface area (Å²) in [7, 11) is 0. The molecular formula is C23H30F2N4O5. The van der Waals surface area contributed by atoms with Crippen LogP contribution in [0.15, 0.2) is 18.3 Å². The number of anilines is 1. The summed E-state index contributed by atoms with van der Waals surface area (Å²) in [6, 6.07) is 1.70. The highest BCUT2D eigenvalue weighted by Crippen LogP contribution is 2.36. The van der Waals surface area contributed by atoms with Gasteiger partial charge in [0.25, 0.3) is 5.91 Å². The molecule has 3 heterocycles. The van der Waals surface area contributed by atoms with Gasteiger partial charge in [-0.2, -0.15) is 0 Å². The maximum absolute atomic E-state index is 13.6. The molecule has 4 rings (SSSR count). The molecule has 2 aliphatic rings. The maximum Gasteiger partial charge on any atom is 0.410 e. The van der Waals surface area contributed by atoms with E-state index in [1.165, 1.54) is 6.20 Å². The highest BCUT2D eigenvalue weighted by Gasteiger charge is 2.44. The minimum Gasteiger partial charge on any atom is -0.444 e. The number of hydrogen-bond donors (Lipinski definition) is 4. The van der Waals surface area contributed by atoms with Crippen LogP contribution in [0.2, 0.25) is 0 Å². The molecule has 2 unspecified atom stereocenters. The van der Waals surface area contributed by atoms with Crippen LogP contribution in [0.3, 0.4) is 0 Å². The molecule has 2 saturated heterocycles. The number of aromatic nitrogens is 1. The lowest BCUT2D eigenvalue weighted by atomic mass is 9.87. The van der Waals surface area contributed by atoms with Crippen molar-refractivity contribution in [2.45, 2.75) is 63.5 Å². The van der Waals surface area contributed by atoms with Gasteiger partial charge in [-0.15, -0.1) is 0 Å². The topological polar surface area (TPSA) is 116 Å². The normalized spacial score (nSPS) is 21.0. The van der Waals surface area contributed by atoms with E-state index >= 15 is 0 Å². The van der Waals surface area contributed by atoms with Gasteiger partial charge in [-0.25, -0.2) is 13.6 Å². The molecule has 0 radical (unpaired) electrons. The number of carbonyl (C=O) groups is 2. The van der Waals surface area contributed by atoms with E-state index in [2.05, 4.69) is 15.6 Å². The molecule has 1 aromatic heterocycles. The predicted octanol–water partition coefficient (Wildman–Crippen LogP) is 2.85. The zero-order valence-corrected chi connectivity index (χ0v) is 19.4. The number of benzene rings is 1. The maximum atomic E-state index is 13.6. The molecule has 4 N–H and O–H groups in total. The van der Waals surface area contributed by atoms with Gasteiger partial charge in [-0.3, -0.25) is 4.79 Å². The van der Waals surface area contributed by atoms with E-state index in [4.69, 9.17) is 9.47 Å². The van der Waals surface area contributed by atoms with E-state index in [9.17, 15) is 23.5 Å². The number of likely N-dealkylation sites (tertiary alicyclic amines) is 1. The number of aromatic amines is 1. The number of amides is 2. The Bertz CT molecular complexity index is 1080. The number of H-pyrrole nitrogens is 1. The first kappa shape index (κ1) is 24.2. The lowest BCUT2D eigenvalue weighted by molar-refractivity contribution is -0.128. The van der Waals surface area contributed by atoms with Gasteiger partial charge in [0, 0.05) is 30.7 Å². The van der Waals surface area contributed by atoms with Gasteiger partial charge in [0.2, 0.25) is 6.23 Å². The molecule has 34 heavy (non-hydrogen) atoms. The molecule has 2 amide bonds. The predicted molar refractivity (Wildman–Crippen MR) is 120 cm³/mol. The summed E-state index contributed by atoms with van der Waals surface area (Å²) in [4.78, 5) is 29.2.